The maximum atomic E-state index is 11.7. The van der Waals surface area contributed by atoms with E-state index in [9.17, 15) is 9.59 Å². The Hall–Kier alpha value is -2.63. The number of aryl methyl sites for hydroxylation is 2. The van der Waals surface area contributed by atoms with E-state index in [1.165, 1.54) is 0 Å². The summed E-state index contributed by atoms with van der Waals surface area (Å²) >= 11 is 0. The van der Waals surface area contributed by atoms with Gasteiger partial charge in [0.15, 0.2) is 12.4 Å². The summed E-state index contributed by atoms with van der Waals surface area (Å²) in [5.41, 5.74) is 1.90. The van der Waals surface area contributed by atoms with Gasteiger partial charge in [-0.25, -0.2) is 0 Å². The molecule has 0 saturated heterocycles. The number of carbonyl (C=O) groups is 2. The molecule has 0 aliphatic carbocycles. The number of nitrogens with one attached hydrogen (secondary N) is 1. The van der Waals surface area contributed by atoms with Crippen molar-refractivity contribution < 1.29 is 18.8 Å². The Morgan fingerprint density at radius 3 is 2.71 bits per heavy atom. The highest BCUT2D eigenvalue weighted by Crippen LogP contribution is 2.09. The Labute approximate surface area is 122 Å². The largest absolute Gasteiger partial charge is 0.455 e. The van der Waals surface area contributed by atoms with Gasteiger partial charge in [-0.15, -0.1) is 0 Å². The van der Waals surface area contributed by atoms with Gasteiger partial charge in [0, 0.05) is 6.07 Å². The molecule has 21 heavy (non-hydrogen) atoms. The fourth-order valence-corrected chi connectivity index (χ4v) is 1.77. The average molecular weight is 288 g/mol. The van der Waals surface area contributed by atoms with Gasteiger partial charge < -0.3 is 14.6 Å². The van der Waals surface area contributed by atoms with Gasteiger partial charge in [-0.05, 0) is 25.0 Å². The summed E-state index contributed by atoms with van der Waals surface area (Å²) in [5, 5.41) is 6.09. The smallest absolute Gasteiger partial charge is 0.310 e. The fourth-order valence-electron chi connectivity index (χ4n) is 1.77. The molecule has 1 heterocycles. The molecule has 1 amide bonds. The summed E-state index contributed by atoms with van der Waals surface area (Å²) in [6.07, 6.45) is 0.142. The van der Waals surface area contributed by atoms with Crippen LogP contribution in [0.15, 0.2) is 34.9 Å². The Balaban J connectivity index is 1.78. The minimum atomic E-state index is -0.457. The van der Waals surface area contributed by atoms with Crippen molar-refractivity contribution in [2.45, 2.75) is 20.3 Å². The van der Waals surface area contributed by atoms with Crippen LogP contribution in [0, 0.1) is 13.8 Å². The summed E-state index contributed by atoms with van der Waals surface area (Å²) in [6.45, 7) is 3.28. The molecule has 0 aliphatic heterocycles. The van der Waals surface area contributed by atoms with Gasteiger partial charge in [0.05, 0.1) is 6.42 Å². The van der Waals surface area contributed by atoms with Gasteiger partial charge in [0.2, 0.25) is 0 Å². The minimum Gasteiger partial charge on any atom is -0.455 e. The minimum absolute atomic E-state index is 0.142. The quantitative estimate of drug-likeness (QED) is 0.851. The zero-order chi connectivity index (χ0) is 15.2. The van der Waals surface area contributed by atoms with Gasteiger partial charge in [-0.1, -0.05) is 29.4 Å². The number of nitrogens with zero attached hydrogens (tertiary/aromatic N) is 1. The second kappa shape index (κ2) is 6.69. The topological polar surface area (TPSA) is 81.4 Å². The van der Waals surface area contributed by atoms with Crippen LogP contribution in [0.4, 0.5) is 5.82 Å². The first-order chi connectivity index (χ1) is 10.0. The first-order valence-electron chi connectivity index (χ1n) is 6.48. The van der Waals surface area contributed by atoms with Crippen LogP contribution in [0.2, 0.25) is 0 Å². The number of benzene rings is 1. The summed E-state index contributed by atoms with van der Waals surface area (Å²) < 4.78 is 9.74. The SMILES string of the molecule is Cc1cc(NC(=O)COC(=O)Cc2ccccc2C)no1. The Bertz CT molecular complexity index is 649. The molecule has 0 saturated carbocycles. The van der Waals surface area contributed by atoms with Crippen molar-refractivity contribution >= 4 is 17.7 Å². The maximum Gasteiger partial charge on any atom is 0.310 e. The third-order valence-electron chi connectivity index (χ3n) is 2.86. The monoisotopic (exact) mass is 288 g/mol. The second-order valence-corrected chi connectivity index (χ2v) is 4.63. The van der Waals surface area contributed by atoms with E-state index in [1.807, 2.05) is 31.2 Å². The molecule has 6 nitrogen and oxygen atoms in total. The molecule has 2 aromatic rings. The number of hydrogen-bond donors (Lipinski definition) is 1. The van der Waals surface area contributed by atoms with Crippen molar-refractivity contribution in [1.29, 1.82) is 0 Å². The lowest BCUT2D eigenvalue weighted by Crippen LogP contribution is -2.21. The molecule has 1 aromatic heterocycles. The van der Waals surface area contributed by atoms with E-state index in [2.05, 4.69) is 10.5 Å². The Kier molecular flexibility index (Phi) is 4.71. The summed E-state index contributed by atoms with van der Waals surface area (Å²) in [6, 6.07) is 9.11. The average Bonchev–Trinajstić information content (AvgIpc) is 2.84. The van der Waals surface area contributed by atoms with Crippen molar-refractivity contribution in [2.75, 3.05) is 11.9 Å². The number of rotatable bonds is 5. The van der Waals surface area contributed by atoms with Crippen LogP contribution in [0.25, 0.3) is 0 Å². The van der Waals surface area contributed by atoms with Gasteiger partial charge >= 0.3 is 5.97 Å². The standard InChI is InChI=1S/C15H16N2O4/c1-10-5-3-4-6-12(10)8-15(19)20-9-14(18)16-13-7-11(2)21-17-13/h3-7H,8-9H2,1-2H3,(H,16,17,18). The predicted octanol–water partition coefficient (Wildman–Crippen LogP) is 2.02. The highest BCUT2D eigenvalue weighted by Gasteiger charge is 2.11. The predicted molar refractivity (Wildman–Crippen MR) is 75.7 cm³/mol. The molecule has 0 atom stereocenters. The third-order valence-corrected chi connectivity index (χ3v) is 2.86. The molecule has 0 unspecified atom stereocenters. The fraction of sp³-hybridized carbons (Fsp3) is 0.267. The van der Waals surface area contributed by atoms with Crippen LogP contribution in [-0.4, -0.2) is 23.6 Å². The number of aromatic nitrogens is 1. The number of amides is 1. The molecule has 2 rings (SSSR count). The van der Waals surface area contributed by atoms with E-state index in [0.717, 1.165) is 11.1 Å². The number of ether oxygens (including phenoxy) is 1. The van der Waals surface area contributed by atoms with Gasteiger partial charge in [-0.2, -0.15) is 0 Å². The zero-order valence-electron chi connectivity index (χ0n) is 11.9. The molecule has 1 aromatic carbocycles. The number of esters is 1. The molecule has 110 valence electrons. The Morgan fingerprint density at radius 1 is 1.29 bits per heavy atom. The first kappa shape index (κ1) is 14.8. The van der Waals surface area contributed by atoms with Crippen molar-refractivity contribution in [3.8, 4) is 0 Å². The Morgan fingerprint density at radius 2 is 2.05 bits per heavy atom. The second-order valence-electron chi connectivity index (χ2n) is 4.63. The van der Waals surface area contributed by atoms with Crippen molar-refractivity contribution in [3.63, 3.8) is 0 Å². The van der Waals surface area contributed by atoms with Crippen LogP contribution in [0.1, 0.15) is 16.9 Å². The normalized spacial score (nSPS) is 10.2. The molecule has 0 bridgehead atoms. The van der Waals surface area contributed by atoms with E-state index in [-0.39, 0.29) is 13.0 Å². The van der Waals surface area contributed by atoms with E-state index in [0.29, 0.717) is 11.6 Å². The van der Waals surface area contributed by atoms with E-state index >= 15 is 0 Å². The summed E-state index contributed by atoms with van der Waals surface area (Å²) in [7, 11) is 0. The van der Waals surface area contributed by atoms with Crippen molar-refractivity contribution in [3.05, 3.63) is 47.2 Å². The van der Waals surface area contributed by atoms with Gasteiger partial charge in [0.25, 0.3) is 5.91 Å². The van der Waals surface area contributed by atoms with Gasteiger partial charge in [0.1, 0.15) is 5.76 Å². The van der Waals surface area contributed by atoms with E-state index < -0.39 is 11.9 Å². The van der Waals surface area contributed by atoms with Gasteiger partial charge in [-0.3, -0.25) is 9.59 Å². The van der Waals surface area contributed by atoms with Crippen LogP contribution in [-0.2, 0) is 20.7 Å². The molecule has 1 N–H and O–H groups in total. The summed E-state index contributed by atoms with van der Waals surface area (Å²) in [5.74, 6) is -0.0217. The molecular weight excluding hydrogens is 272 g/mol. The summed E-state index contributed by atoms with van der Waals surface area (Å²) in [4.78, 5) is 23.3. The van der Waals surface area contributed by atoms with E-state index in [4.69, 9.17) is 9.26 Å². The molecule has 0 radical (unpaired) electrons. The lowest BCUT2D eigenvalue weighted by molar-refractivity contribution is -0.146. The number of hydrogen-bond acceptors (Lipinski definition) is 5. The number of carbonyl (C=O) groups excluding carboxylic acids is 2. The lowest BCUT2D eigenvalue weighted by Gasteiger charge is -2.06. The molecular formula is C15H16N2O4. The highest BCUT2D eigenvalue weighted by molar-refractivity contribution is 5.92. The third kappa shape index (κ3) is 4.45. The van der Waals surface area contributed by atoms with Crippen LogP contribution in [0.3, 0.4) is 0 Å². The molecule has 0 aliphatic rings. The van der Waals surface area contributed by atoms with Crippen LogP contribution >= 0.6 is 0 Å². The molecule has 0 fully saturated rings. The van der Waals surface area contributed by atoms with Crippen molar-refractivity contribution in [1.82, 2.24) is 5.16 Å². The van der Waals surface area contributed by atoms with E-state index in [1.54, 1.807) is 13.0 Å². The van der Waals surface area contributed by atoms with Crippen LogP contribution in [0.5, 0.6) is 0 Å². The first-order valence-corrected chi connectivity index (χ1v) is 6.48. The van der Waals surface area contributed by atoms with Crippen molar-refractivity contribution in [2.24, 2.45) is 0 Å². The maximum absolute atomic E-state index is 11.7. The zero-order valence-corrected chi connectivity index (χ0v) is 11.9. The molecule has 0 spiro atoms. The lowest BCUT2D eigenvalue weighted by atomic mass is 10.1. The number of anilines is 1. The van der Waals surface area contributed by atoms with Crippen LogP contribution < -0.4 is 5.32 Å². The molecule has 6 heteroatoms. The highest BCUT2D eigenvalue weighted by atomic mass is 16.5.